The van der Waals surface area contributed by atoms with Gasteiger partial charge in [-0.2, -0.15) is 17.2 Å². The molecule has 3 aliphatic carbocycles. The van der Waals surface area contributed by atoms with Crippen LogP contribution in [0.5, 0.6) is 0 Å². The number of halogens is 2. The molecule has 4 aliphatic rings. The van der Waals surface area contributed by atoms with Gasteiger partial charge in [-0.3, -0.25) is 23.7 Å². The molecule has 15 heteroatoms. The molecule has 2 bridgehead atoms. The van der Waals surface area contributed by atoms with Crippen LogP contribution in [0.2, 0.25) is 0 Å². The Kier molecular flexibility index (Phi) is 8.53. The van der Waals surface area contributed by atoms with Gasteiger partial charge in [0.15, 0.2) is 6.10 Å². The minimum absolute atomic E-state index is 0.0445. The Morgan fingerprint density at radius 1 is 1.08 bits per heavy atom. The fourth-order valence-corrected chi connectivity index (χ4v) is 6.82. The van der Waals surface area contributed by atoms with Crippen molar-refractivity contribution in [3.63, 3.8) is 0 Å². The van der Waals surface area contributed by atoms with E-state index in [-0.39, 0.29) is 11.8 Å². The van der Waals surface area contributed by atoms with E-state index < -0.39 is 94.4 Å². The molecule has 0 aromatic heterocycles. The van der Waals surface area contributed by atoms with Crippen molar-refractivity contribution in [2.45, 2.75) is 88.1 Å². The molecule has 0 radical (unpaired) electrons. The topological polar surface area (TPSA) is 169 Å². The lowest BCUT2D eigenvalue weighted by Gasteiger charge is -2.33. The van der Waals surface area contributed by atoms with Gasteiger partial charge < -0.3 is 23.7 Å². The molecule has 0 aromatic rings. The second-order valence-electron chi connectivity index (χ2n) is 10.6. The lowest BCUT2D eigenvalue weighted by molar-refractivity contribution is -0.197. The molecule has 1 heterocycles. The number of rotatable bonds is 11. The quantitative estimate of drug-likeness (QED) is 0.163. The summed E-state index contributed by atoms with van der Waals surface area (Å²) < 4.78 is 83.7. The highest BCUT2D eigenvalue weighted by molar-refractivity contribution is 7.86. The molecule has 4 fully saturated rings. The van der Waals surface area contributed by atoms with Gasteiger partial charge >= 0.3 is 39.2 Å². The normalized spacial score (nSPS) is 31.9. The van der Waals surface area contributed by atoms with Crippen molar-refractivity contribution >= 4 is 34.0 Å². The van der Waals surface area contributed by atoms with Crippen molar-refractivity contribution in [1.29, 1.82) is 0 Å². The highest BCUT2D eigenvalue weighted by Crippen LogP contribution is 2.59. The smallest absolute Gasteiger partial charge is 0.405 e. The molecule has 8 unspecified atom stereocenters. The van der Waals surface area contributed by atoms with E-state index in [1.807, 2.05) is 0 Å². The Labute approximate surface area is 223 Å². The molecule has 0 spiro atoms. The van der Waals surface area contributed by atoms with Gasteiger partial charge in [-0.25, -0.2) is 0 Å². The summed E-state index contributed by atoms with van der Waals surface area (Å²) in [6.45, 7) is 0.575. The van der Waals surface area contributed by atoms with E-state index in [9.17, 15) is 36.4 Å². The minimum atomic E-state index is -5.83. The van der Waals surface area contributed by atoms with E-state index in [4.69, 9.17) is 23.5 Å². The summed E-state index contributed by atoms with van der Waals surface area (Å²) in [7, 11) is -4.37. The fourth-order valence-electron chi connectivity index (χ4n) is 6.35. The lowest BCUT2D eigenvalue weighted by atomic mass is 9.78. The van der Waals surface area contributed by atoms with Crippen molar-refractivity contribution in [3.8, 4) is 0 Å². The number of alkyl halides is 2. The highest BCUT2D eigenvalue weighted by Gasteiger charge is 2.70. The van der Waals surface area contributed by atoms with E-state index in [2.05, 4.69) is 4.74 Å². The van der Waals surface area contributed by atoms with Crippen molar-refractivity contribution in [1.82, 2.24) is 0 Å². The number of hydrogen-bond donors (Lipinski definition) is 1. The first kappa shape index (κ1) is 29.6. The van der Waals surface area contributed by atoms with E-state index in [0.717, 1.165) is 32.1 Å². The van der Waals surface area contributed by atoms with Crippen LogP contribution in [0.15, 0.2) is 0 Å². The van der Waals surface area contributed by atoms with Gasteiger partial charge in [0.2, 0.25) is 6.29 Å². The van der Waals surface area contributed by atoms with Gasteiger partial charge in [0.25, 0.3) is 0 Å². The van der Waals surface area contributed by atoms with Gasteiger partial charge in [-0.15, -0.1) is 0 Å². The van der Waals surface area contributed by atoms with E-state index in [0.29, 0.717) is 13.3 Å². The largest absolute Gasteiger partial charge is 0.458 e. The number of esters is 4. The third-order valence-corrected chi connectivity index (χ3v) is 9.26. The molecule has 1 saturated heterocycles. The van der Waals surface area contributed by atoms with Gasteiger partial charge in [0, 0.05) is 24.9 Å². The summed E-state index contributed by atoms with van der Waals surface area (Å²) in [5.41, 5.74) is 0. The molecule has 0 aromatic carbocycles. The standard InChI is InChI=1S/C24H32F2O12S/c1-11(24(25,26)39(31,32)33)35-15(27)8-9-16(28)36-19-13-10-14-17(21(29)37-20(14)19)18(13)22(30)38-23(34-2)12-6-4-3-5-7-12/h11-14,17-20,23H,3-10H2,1-2H3,(H,31,32,33). The van der Waals surface area contributed by atoms with Gasteiger partial charge in [0.05, 0.1) is 24.7 Å². The molecule has 4 rings (SSSR count). The summed E-state index contributed by atoms with van der Waals surface area (Å²) >= 11 is 0. The van der Waals surface area contributed by atoms with Crippen LogP contribution in [0.4, 0.5) is 8.78 Å². The molecular formula is C24H32F2O12S. The van der Waals surface area contributed by atoms with E-state index in [1.165, 1.54) is 7.11 Å². The van der Waals surface area contributed by atoms with Gasteiger partial charge in [-0.1, -0.05) is 19.3 Å². The van der Waals surface area contributed by atoms with Crippen LogP contribution >= 0.6 is 0 Å². The van der Waals surface area contributed by atoms with E-state index in [1.54, 1.807) is 0 Å². The predicted molar refractivity (Wildman–Crippen MR) is 123 cm³/mol. The van der Waals surface area contributed by atoms with Crippen molar-refractivity contribution < 1.29 is 64.6 Å². The van der Waals surface area contributed by atoms with Crippen molar-refractivity contribution in [2.75, 3.05) is 7.11 Å². The second-order valence-corrected chi connectivity index (χ2v) is 12.1. The number of carbonyl (C=O) groups is 4. The van der Waals surface area contributed by atoms with Crippen LogP contribution in [0, 0.1) is 29.6 Å². The molecule has 0 amide bonds. The van der Waals surface area contributed by atoms with Crippen molar-refractivity contribution in [2.24, 2.45) is 29.6 Å². The molecule has 220 valence electrons. The van der Waals surface area contributed by atoms with Crippen molar-refractivity contribution in [3.05, 3.63) is 0 Å². The molecule has 1 aliphatic heterocycles. The summed E-state index contributed by atoms with van der Waals surface area (Å²) in [6.07, 6.45) is -1.11. The zero-order valence-corrected chi connectivity index (χ0v) is 22.3. The lowest BCUT2D eigenvalue weighted by Crippen LogP contribution is -2.45. The predicted octanol–water partition coefficient (Wildman–Crippen LogP) is 1.99. The molecule has 3 saturated carbocycles. The first-order chi connectivity index (χ1) is 18.3. The van der Waals surface area contributed by atoms with Crippen LogP contribution in [0.25, 0.3) is 0 Å². The summed E-state index contributed by atoms with van der Waals surface area (Å²) in [5.74, 6) is -5.92. The minimum Gasteiger partial charge on any atom is -0.458 e. The summed E-state index contributed by atoms with van der Waals surface area (Å²) in [5, 5.41) is -4.74. The molecule has 39 heavy (non-hydrogen) atoms. The molecule has 12 nitrogen and oxygen atoms in total. The van der Waals surface area contributed by atoms with E-state index >= 15 is 0 Å². The van der Waals surface area contributed by atoms with Gasteiger partial charge in [0.1, 0.15) is 12.2 Å². The number of fused-ring (bicyclic) bond motifs is 1. The maximum absolute atomic E-state index is 13.6. The monoisotopic (exact) mass is 582 g/mol. The van der Waals surface area contributed by atoms with Gasteiger partial charge in [-0.05, 0) is 26.2 Å². The third-order valence-electron chi connectivity index (χ3n) is 8.24. The first-order valence-corrected chi connectivity index (χ1v) is 14.4. The van der Waals surface area contributed by atoms with Crippen LogP contribution < -0.4 is 0 Å². The molecular weight excluding hydrogens is 550 g/mol. The zero-order valence-electron chi connectivity index (χ0n) is 21.5. The Balaban J connectivity index is 1.34. The maximum atomic E-state index is 13.6. The maximum Gasteiger partial charge on any atom is 0.405 e. The Hall–Kier alpha value is -2.39. The highest BCUT2D eigenvalue weighted by atomic mass is 32.2. The number of hydrogen-bond acceptors (Lipinski definition) is 11. The fraction of sp³-hybridized carbons (Fsp3) is 0.833. The Morgan fingerprint density at radius 2 is 1.72 bits per heavy atom. The van der Waals surface area contributed by atoms with Crippen LogP contribution in [0.3, 0.4) is 0 Å². The SMILES string of the molecule is COC(OC(=O)C1C2CC3C(OC(=O)C31)C2OC(=O)CCC(=O)OC(C)C(F)(F)S(=O)(=O)O)C1CCCCC1. The van der Waals surface area contributed by atoms with Crippen LogP contribution in [0.1, 0.15) is 58.3 Å². The van der Waals surface area contributed by atoms with Crippen LogP contribution in [-0.4, -0.2) is 73.8 Å². The number of methoxy groups -OCH3 is 1. The summed E-state index contributed by atoms with van der Waals surface area (Å²) in [6, 6.07) is 0. The zero-order chi connectivity index (χ0) is 28.7. The Morgan fingerprint density at radius 3 is 2.33 bits per heavy atom. The first-order valence-electron chi connectivity index (χ1n) is 12.9. The molecule has 1 N–H and O–H groups in total. The molecule has 8 atom stereocenters. The number of carbonyl (C=O) groups excluding carboxylic acids is 4. The average molecular weight is 583 g/mol. The third kappa shape index (κ3) is 5.75. The second kappa shape index (κ2) is 11.2. The summed E-state index contributed by atoms with van der Waals surface area (Å²) in [4.78, 5) is 50.2. The average Bonchev–Trinajstić information content (AvgIpc) is 3.49. The Bertz CT molecular complexity index is 1090. The number of ether oxygens (including phenoxy) is 5. The van der Waals surface area contributed by atoms with Crippen LogP contribution in [-0.2, 0) is 53.0 Å².